The van der Waals surface area contributed by atoms with Gasteiger partial charge in [0.05, 0.1) is 39.9 Å². The molecule has 0 saturated carbocycles. The van der Waals surface area contributed by atoms with Crippen LogP contribution < -0.4 is 4.90 Å². The van der Waals surface area contributed by atoms with Crippen LogP contribution in [0.3, 0.4) is 0 Å². The fourth-order valence-electron chi connectivity index (χ4n) is 7.19. The molecule has 214 valence electrons. The summed E-state index contributed by atoms with van der Waals surface area (Å²) in [6, 6.07) is 13.8. The first-order valence-corrected chi connectivity index (χ1v) is 15.2. The van der Waals surface area contributed by atoms with Gasteiger partial charge in [0, 0.05) is 24.4 Å². The Morgan fingerprint density at radius 1 is 0.976 bits per heavy atom. The third-order valence-electron chi connectivity index (χ3n) is 8.99. The van der Waals surface area contributed by atoms with Gasteiger partial charge in [-0.3, -0.25) is 14.4 Å². The zero-order chi connectivity index (χ0) is 29.1. The van der Waals surface area contributed by atoms with Crippen LogP contribution in [0.25, 0.3) is 0 Å². The normalized spacial score (nSPS) is 31.6. The summed E-state index contributed by atoms with van der Waals surface area (Å²) in [6.45, 7) is 6.54. The second-order valence-electron chi connectivity index (χ2n) is 11.6. The first kappa shape index (κ1) is 28.1. The number of likely N-dealkylation sites (tertiary alicyclic amines) is 1. The smallest absolute Gasteiger partial charge is 0.251 e. The molecule has 0 aromatic heterocycles. The number of anilines is 1. The van der Waals surface area contributed by atoms with Crippen LogP contribution in [0.2, 0.25) is 5.02 Å². The SMILES string of the molecule is Cc1cccc(Cl)c1N1CC=C[C@]23S[C@]4(C)C=CCN(Cc5ccccc5)C(=O)[C@@H]4[C@H]2C(=O)N([C@H](C)CO)C3C1=O. The van der Waals surface area contributed by atoms with Crippen molar-refractivity contribution in [2.24, 2.45) is 11.8 Å². The lowest BCUT2D eigenvalue weighted by molar-refractivity contribution is -0.145. The van der Waals surface area contributed by atoms with Crippen LogP contribution in [0.4, 0.5) is 5.69 Å². The summed E-state index contributed by atoms with van der Waals surface area (Å²) in [4.78, 5) is 48.5. The molecular weight excluding hydrogens is 558 g/mol. The molecule has 4 aliphatic heterocycles. The number of nitrogens with zero attached hydrogens (tertiary/aromatic N) is 3. The number of amides is 3. The van der Waals surface area contributed by atoms with Gasteiger partial charge in [-0.15, -0.1) is 11.8 Å². The van der Waals surface area contributed by atoms with Gasteiger partial charge in [-0.25, -0.2) is 0 Å². The number of para-hydroxylation sites is 1. The second-order valence-corrected chi connectivity index (χ2v) is 13.8. The highest BCUT2D eigenvalue weighted by molar-refractivity contribution is 8.02. The highest BCUT2D eigenvalue weighted by atomic mass is 35.5. The van der Waals surface area contributed by atoms with E-state index in [1.165, 1.54) is 16.7 Å². The largest absolute Gasteiger partial charge is 0.394 e. The minimum absolute atomic E-state index is 0.0924. The molecule has 3 amide bonds. The molecule has 41 heavy (non-hydrogen) atoms. The van der Waals surface area contributed by atoms with E-state index in [9.17, 15) is 19.5 Å². The number of aliphatic hydroxyl groups excluding tert-OH is 1. The molecule has 0 radical (unpaired) electrons. The van der Waals surface area contributed by atoms with Crippen molar-refractivity contribution < 1.29 is 19.5 Å². The lowest BCUT2D eigenvalue weighted by atomic mass is 9.74. The monoisotopic (exact) mass is 591 g/mol. The van der Waals surface area contributed by atoms with E-state index in [1.807, 2.05) is 79.4 Å². The number of carbonyl (C=O) groups excluding carboxylic acids is 3. The number of halogens is 1. The van der Waals surface area contributed by atoms with E-state index in [2.05, 4.69) is 6.08 Å². The predicted molar refractivity (Wildman–Crippen MR) is 162 cm³/mol. The van der Waals surface area contributed by atoms with Crippen molar-refractivity contribution >= 4 is 46.8 Å². The zero-order valence-corrected chi connectivity index (χ0v) is 24.9. The molecule has 4 aliphatic rings. The standard InChI is InChI=1S/C32H34ClN3O4S/c1-20-10-7-13-23(33)26(20)35-17-9-15-32-25(29(39)36(21(2)19-37)27(32)30(35)40)24-28(38)34(16-8-14-31(24,3)41-32)18-22-11-5-4-6-12-22/h4-15,21,24-25,27,37H,16-19H2,1-3H3/t21-,24+,25+,27?,31-,32+/m1/s1. The third-order valence-corrected chi connectivity index (χ3v) is 11.1. The molecule has 2 fully saturated rings. The van der Waals surface area contributed by atoms with Crippen LogP contribution in [-0.2, 0) is 20.9 Å². The van der Waals surface area contributed by atoms with Gasteiger partial charge in [0.25, 0.3) is 5.91 Å². The summed E-state index contributed by atoms with van der Waals surface area (Å²) >= 11 is 8.16. The van der Waals surface area contributed by atoms with Crippen LogP contribution in [0, 0.1) is 18.8 Å². The number of hydrogen-bond donors (Lipinski definition) is 1. The highest BCUT2D eigenvalue weighted by Gasteiger charge is 2.74. The molecule has 0 aliphatic carbocycles. The van der Waals surface area contributed by atoms with Gasteiger partial charge in [0.15, 0.2) is 0 Å². The van der Waals surface area contributed by atoms with Crippen LogP contribution in [-0.4, -0.2) is 73.9 Å². The van der Waals surface area contributed by atoms with Crippen molar-refractivity contribution in [3.63, 3.8) is 0 Å². The van der Waals surface area contributed by atoms with E-state index < -0.39 is 33.4 Å². The molecule has 1 unspecified atom stereocenters. The molecule has 9 heteroatoms. The maximum Gasteiger partial charge on any atom is 0.251 e. The van der Waals surface area contributed by atoms with Crippen molar-refractivity contribution in [2.45, 2.75) is 48.9 Å². The van der Waals surface area contributed by atoms with E-state index in [0.717, 1.165) is 11.1 Å². The molecular formula is C32H34ClN3O4S. The fraction of sp³-hybridized carbons (Fsp3) is 0.406. The number of hydrogen-bond acceptors (Lipinski definition) is 5. The van der Waals surface area contributed by atoms with Gasteiger partial charge in [0.2, 0.25) is 11.8 Å². The summed E-state index contributed by atoms with van der Waals surface area (Å²) in [7, 11) is 0. The number of aryl methyl sites for hydroxylation is 1. The van der Waals surface area contributed by atoms with E-state index in [1.54, 1.807) is 17.9 Å². The van der Waals surface area contributed by atoms with Gasteiger partial charge in [0.1, 0.15) is 6.04 Å². The third kappa shape index (κ3) is 4.25. The molecule has 1 spiro atoms. The molecule has 6 rings (SSSR count). The molecule has 2 aromatic rings. The lowest BCUT2D eigenvalue weighted by Gasteiger charge is -2.39. The minimum Gasteiger partial charge on any atom is -0.394 e. The Bertz CT molecular complexity index is 1440. The number of carbonyl (C=O) groups is 3. The minimum atomic E-state index is -0.989. The summed E-state index contributed by atoms with van der Waals surface area (Å²) in [5.74, 6) is -2.06. The Morgan fingerprint density at radius 3 is 2.41 bits per heavy atom. The molecule has 4 heterocycles. The molecule has 6 atom stereocenters. The topological polar surface area (TPSA) is 81.2 Å². The first-order valence-electron chi connectivity index (χ1n) is 14.0. The molecule has 2 aromatic carbocycles. The summed E-state index contributed by atoms with van der Waals surface area (Å²) in [5, 5.41) is 10.7. The summed E-state index contributed by atoms with van der Waals surface area (Å²) in [6.07, 6.45) is 8.00. The van der Waals surface area contributed by atoms with Crippen LogP contribution in [0.1, 0.15) is 25.0 Å². The van der Waals surface area contributed by atoms with Crippen LogP contribution >= 0.6 is 23.4 Å². The van der Waals surface area contributed by atoms with Crippen molar-refractivity contribution in [1.29, 1.82) is 0 Å². The number of thioether (sulfide) groups is 1. The fourth-order valence-corrected chi connectivity index (χ4v) is 9.65. The average Bonchev–Trinajstić information content (AvgIpc) is 3.23. The number of aliphatic hydroxyl groups is 1. The van der Waals surface area contributed by atoms with E-state index in [4.69, 9.17) is 11.6 Å². The van der Waals surface area contributed by atoms with Gasteiger partial charge in [-0.05, 0) is 38.0 Å². The number of rotatable bonds is 5. The van der Waals surface area contributed by atoms with Crippen molar-refractivity contribution in [2.75, 3.05) is 24.6 Å². The number of benzene rings is 2. The van der Waals surface area contributed by atoms with Crippen molar-refractivity contribution in [3.05, 3.63) is 89.0 Å². The second kappa shape index (κ2) is 10.3. The van der Waals surface area contributed by atoms with E-state index in [-0.39, 0.29) is 30.9 Å². The lowest BCUT2D eigenvalue weighted by Crippen LogP contribution is -2.56. The molecule has 1 N–H and O–H groups in total. The zero-order valence-electron chi connectivity index (χ0n) is 23.4. The van der Waals surface area contributed by atoms with Gasteiger partial charge in [-0.2, -0.15) is 0 Å². The maximum atomic E-state index is 14.6. The summed E-state index contributed by atoms with van der Waals surface area (Å²) in [5.41, 5.74) is 2.48. The van der Waals surface area contributed by atoms with Crippen molar-refractivity contribution in [1.82, 2.24) is 9.80 Å². The molecule has 7 nitrogen and oxygen atoms in total. The molecule has 2 saturated heterocycles. The van der Waals surface area contributed by atoms with Crippen LogP contribution in [0.5, 0.6) is 0 Å². The van der Waals surface area contributed by atoms with E-state index in [0.29, 0.717) is 23.8 Å². The molecule has 0 bridgehead atoms. The Labute approximate surface area is 249 Å². The van der Waals surface area contributed by atoms with Gasteiger partial charge in [-0.1, -0.05) is 78.4 Å². The maximum absolute atomic E-state index is 14.6. The van der Waals surface area contributed by atoms with Crippen molar-refractivity contribution in [3.8, 4) is 0 Å². The van der Waals surface area contributed by atoms with Gasteiger partial charge < -0.3 is 19.8 Å². The Morgan fingerprint density at radius 2 is 1.71 bits per heavy atom. The Kier molecular flexibility index (Phi) is 7.07. The number of fused-ring (bicyclic) bond motifs is 2. The summed E-state index contributed by atoms with van der Waals surface area (Å²) < 4.78 is -1.69. The Hall–Kier alpha value is -3.07. The highest BCUT2D eigenvalue weighted by Crippen LogP contribution is 2.66. The van der Waals surface area contributed by atoms with Gasteiger partial charge >= 0.3 is 0 Å². The average molecular weight is 592 g/mol. The van der Waals surface area contributed by atoms with Crippen LogP contribution in [0.15, 0.2) is 72.8 Å². The first-order chi connectivity index (χ1) is 19.6. The Balaban J connectivity index is 1.46. The predicted octanol–water partition coefficient (Wildman–Crippen LogP) is 4.22. The van der Waals surface area contributed by atoms with E-state index >= 15 is 0 Å². The quantitative estimate of drug-likeness (QED) is 0.527.